The number of carboxylic acid groups (broad SMARTS) is 1. The van der Waals surface area contributed by atoms with Crippen LogP contribution in [0, 0.1) is 0 Å². The van der Waals surface area contributed by atoms with Crippen molar-refractivity contribution in [3.8, 4) is 0 Å². The molecular formula is C13H15NO3S. The van der Waals surface area contributed by atoms with Gasteiger partial charge in [-0.2, -0.15) is 11.8 Å². The van der Waals surface area contributed by atoms with Crippen molar-refractivity contribution in [3.05, 3.63) is 35.6 Å². The molecule has 2 aromatic rings. The zero-order chi connectivity index (χ0) is 13.0. The SMILES string of the molecule is CSCCNCc1c(C(=O)O)oc2ccccc12. The predicted octanol–water partition coefficient (Wildman–Crippen LogP) is 2.58. The van der Waals surface area contributed by atoms with E-state index in [1.807, 2.05) is 24.5 Å². The number of furan rings is 1. The van der Waals surface area contributed by atoms with Gasteiger partial charge in [0.15, 0.2) is 0 Å². The number of thioether (sulfide) groups is 1. The van der Waals surface area contributed by atoms with Crippen LogP contribution in [-0.2, 0) is 6.54 Å². The number of aromatic carboxylic acids is 1. The molecule has 0 fully saturated rings. The molecule has 5 heteroatoms. The molecule has 0 aliphatic rings. The third-order valence-corrected chi connectivity index (χ3v) is 3.29. The maximum absolute atomic E-state index is 11.2. The van der Waals surface area contributed by atoms with Gasteiger partial charge in [-0.25, -0.2) is 4.79 Å². The molecule has 0 radical (unpaired) electrons. The van der Waals surface area contributed by atoms with Crippen molar-refractivity contribution in [2.45, 2.75) is 6.54 Å². The highest BCUT2D eigenvalue weighted by Crippen LogP contribution is 2.25. The van der Waals surface area contributed by atoms with E-state index < -0.39 is 5.97 Å². The minimum absolute atomic E-state index is 0.0350. The lowest BCUT2D eigenvalue weighted by Crippen LogP contribution is -2.17. The molecule has 0 amide bonds. The fraction of sp³-hybridized carbons (Fsp3) is 0.308. The highest BCUT2D eigenvalue weighted by Gasteiger charge is 2.18. The maximum Gasteiger partial charge on any atom is 0.372 e. The standard InChI is InChI=1S/C13H15NO3S/c1-18-7-6-14-8-10-9-4-2-3-5-11(9)17-12(10)13(15)16/h2-5,14H,6-8H2,1H3,(H,15,16). The Hall–Kier alpha value is -1.46. The lowest BCUT2D eigenvalue weighted by molar-refractivity contribution is 0.0663. The monoisotopic (exact) mass is 265 g/mol. The topological polar surface area (TPSA) is 62.5 Å². The molecule has 0 saturated heterocycles. The number of fused-ring (bicyclic) bond motifs is 1. The number of carboxylic acids is 1. The molecule has 18 heavy (non-hydrogen) atoms. The Morgan fingerprint density at radius 2 is 2.22 bits per heavy atom. The zero-order valence-electron chi connectivity index (χ0n) is 10.1. The summed E-state index contributed by atoms with van der Waals surface area (Å²) >= 11 is 1.75. The Kier molecular flexibility index (Phi) is 4.28. The van der Waals surface area contributed by atoms with Gasteiger partial charge in [-0.3, -0.25) is 0 Å². The van der Waals surface area contributed by atoms with Gasteiger partial charge in [0, 0.05) is 29.8 Å². The summed E-state index contributed by atoms with van der Waals surface area (Å²) in [6.45, 7) is 1.36. The zero-order valence-corrected chi connectivity index (χ0v) is 10.9. The van der Waals surface area contributed by atoms with Gasteiger partial charge in [0.2, 0.25) is 5.76 Å². The molecule has 0 aliphatic carbocycles. The molecule has 2 rings (SSSR count). The van der Waals surface area contributed by atoms with E-state index in [0.29, 0.717) is 12.1 Å². The molecule has 4 nitrogen and oxygen atoms in total. The molecule has 1 aromatic carbocycles. The Morgan fingerprint density at radius 3 is 2.94 bits per heavy atom. The number of benzene rings is 1. The molecule has 1 aromatic heterocycles. The number of hydrogen-bond donors (Lipinski definition) is 2. The van der Waals surface area contributed by atoms with Crippen LogP contribution in [0.1, 0.15) is 16.1 Å². The number of carbonyl (C=O) groups is 1. The van der Waals surface area contributed by atoms with Crippen molar-refractivity contribution in [1.82, 2.24) is 5.32 Å². The number of para-hydroxylation sites is 1. The van der Waals surface area contributed by atoms with Crippen molar-refractivity contribution >= 4 is 28.7 Å². The van der Waals surface area contributed by atoms with Crippen molar-refractivity contribution < 1.29 is 14.3 Å². The molecule has 0 aliphatic heterocycles. The lowest BCUT2D eigenvalue weighted by Gasteiger charge is -2.03. The fourth-order valence-corrected chi connectivity index (χ4v) is 2.18. The van der Waals surface area contributed by atoms with Gasteiger partial charge >= 0.3 is 5.97 Å². The van der Waals surface area contributed by atoms with Crippen molar-refractivity contribution in [1.29, 1.82) is 0 Å². The Morgan fingerprint density at radius 1 is 1.44 bits per heavy atom. The van der Waals surface area contributed by atoms with Gasteiger partial charge in [-0.15, -0.1) is 0 Å². The van der Waals surface area contributed by atoms with Crippen LogP contribution in [0.15, 0.2) is 28.7 Å². The normalized spacial score (nSPS) is 10.9. The number of rotatable bonds is 6. The summed E-state index contributed by atoms with van der Waals surface area (Å²) in [5.74, 6) is 0.0128. The smallest absolute Gasteiger partial charge is 0.372 e. The Balaban J connectivity index is 2.27. The van der Waals surface area contributed by atoms with Crippen LogP contribution in [0.3, 0.4) is 0 Å². The summed E-state index contributed by atoms with van der Waals surface area (Å²) in [6.07, 6.45) is 2.04. The second-order valence-electron chi connectivity index (χ2n) is 3.88. The highest BCUT2D eigenvalue weighted by molar-refractivity contribution is 7.98. The Bertz CT molecular complexity index is 550. The van der Waals surface area contributed by atoms with E-state index in [-0.39, 0.29) is 5.76 Å². The van der Waals surface area contributed by atoms with Gasteiger partial charge in [0.05, 0.1) is 0 Å². The molecular weight excluding hydrogens is 250 g/mol. The van der Waals surface area contributed by atoms with E-state index in [0.717, 1.165) is 23.2 Å². The van der Waals surface area contributed by atoms with Crippen LogP contribution in [0.25, 0.3) is 11.0 Å². The summed E-state index contributed by atoms with van der Waals surface area (Å²) in [6, 6.07) is 7.39. The minimum atomic E-state index is -1.02. The van der Waals surface area contributed by atoms with Gasteiger partial charge in [0.1, 0.15) is 5.58 Å². The number of hydrogen-bond acceptors (Lipinski definition) is 4. The lowest BCUT2D eigenvalue weighted by atomic mass is 10.1. The maximum atomic E-state index is 11.2. The molecule has 0 saturated carbocycles. The first-order valence-electron chi connectivity index (χ1n) is 5.67. The first-order chi connectivity index (χ1) is 8.74. The average molecular weight is 265 g/mol. The Labute approximate surface area is 109 Å². The first-order valence-corrected chi connectivity index (χ1v) is 7.06. The molecule has 0 unspecified atom stereocenters. The summed E-state index contributed by atoms with van der Waals surface area (Å²) < 4.78 is 5.37. The van der Waals surface area contributed by atoms with Crippen LogP contribution >= 0.6 is 11.8 Å². The second-order valence-corrected chi connectivity index (χ2v) is 4.87. The molecule has 0 atom stereocenters. The summed E-state index contributed by atoms with van der Waals surface area (Å²) in [5, 5.41) is 13.2. The average Bonchev–Trinajstić information content (AvgIpc) is 2.74. The number of nitrogens with one attached hydrogen (secondary N) is 1. The van der Waals surface area contributed by atoms with Gasteiger partial charge < -0.3 is 14.8 Å². The van der Waals surface area contributed by atoms with E-state index >= 15 is 0 Å². The quantitative estimate of drug-likeness (QED) is 0.786. The third-order valence-electron chi connectivity index (χ3n) is 2.68. The molecule has 0 spiro atoms. The largest absolute Gasteiger partial charge is 0.475 e. The van der Waals surface area contributed by atoms with Crippen molar-refractivity contribution in [2.75, 3.05) is 18.6 Å². The summed E-state index contributed by atoms with van der Waals surface area (Å²) in [7, 11) is 0. The summed E-state index contributed by atoms with van der Waals surface area (Å²) in [4.78, 5) is 11.2. The molecule has 96 valence electrons. The predicted molar refractivity (Wildman–Crippen MR) is 73.3 cm³/mol. The van der Waals surface area contributed by atoms with E-state index in [9.17, 15) is 4.79 Å². The van der Waals surface area contributed by atoms with Crippen LogP contribution in [0.2, 0.25) is 0 Å². The van der Waals surface area contributed by atoms with E-state index in [4.69, 9.17) is 9.52 Å². The summed E-state index contributed by atoms with van der Waals surface area (Å²) in [5.41, 5.74) is 1.34. The van der Waals surface area contributed by atoms with Crippen LogP contribution in [0.5, 0.6) is 0 Å². The van der Waals surface area contributed by atoms with Crippen LogP contribution < -0.4 is 5.32 Å². The molecule has 2 N–H and O–H groups in total. The third kappa shape index (κ3) is 2.68. The molecule has 0 bridgehead atoms. The first kappa shape index (κ1) is 13.0. The minimum Gasteiger partial charge on any atom is -0.475 e. The highest BCUT2D eigenvalue weighted by atomic mass is 32.2. The van der Waals surface area contributed by atoms with E-state index in [1.165, 1.54) is 0 Å². The fourth-order valence-electron chi connectivity index (χ4n) is 1.83. The van der Waals surface area contributed by atoms with Gasteiger partial charge in [0.25, 0.3) is 0 Å². The van der Waals surface area contributed by atoms with Crippen molar-refractivity contribution in [3.63, 3.8) is 0 Å². The van der Waals surface area contributed by atoms with Crippen LogP contribution in [-0.4, -0.2) is 29.6 Å². The molecule has 1 heterocycles. The van der Waals surface area contributed by atoms with E-state index in [1.54, 1.807) is 17.8 Å². The van der Waals surface area contributed by atoms with Crippen molar-refractivity contribution in [2.24, 2.45) is 0 Å². The van der Waals surface area contributed by atoms with Gasteiger partial charge in [-0.1, -0.05) is 18.2 Å². The second kappa shape index (κ2) is 5.93. The van der Waals surface area contributed by atoms with Crippen LogP contribution in [0.4, 0.5) is 0 Å². The van der Waals surface area contributed by atoms with Gasteiger partial charge in [-0.05, 0) is 12.3 Å². The van der Waals surface area contributed by atoms with E-state index in [2.05, 4.69) is 5.32 Å².